The molecule has 0 heterocycles. The molecule has 0 aliphatic rings. The van der Waals surface area contributed by atoms with Gasteiger partial charge in [-0.2, -0.15) is 0 Å². The van der Waals surface area contributed by atoms with Crippen LogP contribution < -0.4 is 5.73 Å². The number of halogens is 2. The van der Waals surface area contributed by atoms with Crippen LogP contribution in [0.2, 0.25) is 0 Å². The predicted octanol–water partition coefficient (Wildman–Crippen LogP) is 4.11. The SMILES string of the molecule is CCN(Cc1ccccc1)C(CN)c1cc(Br)ccc1F. The third kappa shape index (κ3) is 4.13. The van der Waals surface area contributed by atoms with Crippen molar-refractivity contribution >= 4 is 15.9 Å². The average Bonchev–Trinajstić information content (AvgIpc) is 2.51. The third-order valence-corrected chi connectivity index (χ3v) is 4.11. The van der Waals surface area contributed by atoms with Gasteiger partial charge in [-0.15, -0.1) is 0 Å². The molecule has 0 saturated heterocycles. The summed E-state index contributed by atoms with van der Waals surface area (Å²) in [5, 5.41) is 0. The lowest BCUT2D eigenvalue weighted by Gasteiger charge is -2.30. The molecule has 2 nitrogen and oxygen atoms in total. The van der Waals surface area contributed by atoms with Gasteiger partial charge in [0.1, 0.15) is 5.82 Å². The van der Waals surface area contributed by atoms with Crippen LogP contribution in [0, 0.1) is 5.82 Å². The Kier molecular flexibility index (Phi) is 5.91. The molecule has 2 N–H and O–H groups in total. The second-order valence-corrected chi connectivity index (χ2v) is 5.88. The van der Waals surface area contributed by atoms with Gasteiger partial charge >= 0.3 is 0 Å². The summed E-state index contributed by atoms with van der Waals surface area (Å²) in [6.07, 6.45) is 0. The summed E-state index contributed by atoms with van der Waals surface area (Å²) in [7, 11) is 0. The smallest absolute Gasteiger partial charge is 0.128 e. The van der Waals surface area contributed by atoms with Crippen LogP contribution in [-0.2, 0) is 6.54 Å². The number of nitrogens with two attached hydrogens (primary N) is 1. The van der Waals surface area contributed by atoms with Crippen molar-refractivity contribution in [1.29, 1.82) is 0 Å². The second-order valence-electron chi connectivity index (χ2n) is 4.97. The summed E-state index contributed by atoms with van der Waals surface area (Å²) in [6.45, 7) is 4.02. The molecule has 1 unspecified atom stereocenters. The van der Waals surface area contributed by atoms with Crippen molar-refractivity contribution < 1.29 is 4.39 Å². The average molecular weight is 351 g/mol. The Morgan fingerprint density at radius 1 is 1.19 bits per heavy atom. The van der Waals surface area contributed by atoms with Crippen LogP contribution >= 0.6 is 15.9 Å². The molecule has 1 atom stereocenters. The first-order chi connectivity index (χ1) is 10.2. The molecule has 0 radical (unpaired) electrons. The van der Waals surface area contributed by atoms with Crippen LogP contribution in [0.1, 0.15) is 24.1 Å². The largest absolute Gasteiger partial charge is 0.329 e. The molecule has 4 heteroatoms. The van der Waals surface area contributed by atoms with Crippen LogP contribution in [0.25, 0.3) is 0 Å². The summed E-state index contributed by atoms with van der Waals surface area (Å²) in [5.74, 6) is -0.208. The standard InChI is InChI=1S/C17H20BrFN2/c1-2-21(12-13-6-4-3-5-7-13)17(11-20)15-10-14(18)8-9-16(15)19/h3-10,17H,2,11-12,20H2,1H3. The highest BCUT2D eigenvalue weighted by Gasteiger charge is 2.21. The molecule has 112 valence electrons. The fourth-order valence-corrected chi connectivity index (χ4v) is 2.88. The first kappa shape index (κ1) is 16.1. The molecule has 0 bridgehead atoms. The van der Waals surface area contributed by atoms with Gasteiger partial charge < -0.3 is 5.73 Å². The summed E-state index contributed by atoms with van der Waals surface area (Å²) >= 11 is 3.41. The molecular formula is C17H20BrFN2. The van der Waals surface area contributed by atoms with E-state index in [0.29, 0.717) is 12.1 Å². The lowest BCUT2D eigenvalue weighted by Crippen LogP contribution is -2.33. The molecule has 2 aromatic rings. The maximum Gasteiger partial charge on any atom is 0.128 e. The van der Waals surface area contributed by atoms with E-state index in [1.165, 1.54) is 11.6 Å². The minimum atomic E-state index is -0.208. The molecule has 2 aromatic carbocycles. The highest BCUT2D eigenvalue weighted by atomic mass is 79.9. The Labute approximate surface area is 133 Å². The van der Waals surface area contributed by atoms with Gasteiger partial charge in [0.2, 0.25) is 0 Å². The number of benzene rings is 2. The topological polar surface area (TPSA) is 29.3 Å². The molecule has 2 rings (SSSR count). The summed E-state index contributed by atoms with van der Waals surface area (Å²) in [4.78, 5) is 2.19. The Morgan fingerprint density at radius 3 is 2.52 bits per heavy atom. The summed E-state index contributed by atoms with van der Waals surface area (Å²) in [5.41, 5.74) is 7.78. The summed E-state index contributed by atoms with van der Waals surface area (Å²) in [6, 6.07) is 15.1. The van der Waals surface area contributed by atoms with E-state index in [2.05, 4.69) is 39.9 Å². The molecular weight excluding hydrogens is 331 g/mol. The number of rotatable bonds is 6. The maximum atomic E-state index is 14.1. The highest BCUT2D eigenvalue weighted by Crippen LogP contribution is 2.27. The molecule has 0 spiro atoms. The van der Waals surface area contributed by atoms with E-state index in [-0.39, 0.29) is 11.9 Å². The van der Waals surface area contributed by atoms with Crippen molar-refractivity contribution in [1.82, 2.24) is 4.90 Å². The zero-order valence-electron chi connectivity index (χ0n) is 12.1. The number of hydrogen-bond acceptors (Lipinski definition) is 2. The van der Waals surface area contributed by atoms with E-state index in [9.17, 15) is 4.39 Å². The minimum absolute atomic E-state index is 0.132. The van der Waals surface area contributed by atoms with Crippen LogP contribution in [-0.4, -0.2) is 18.0 Å². The Bertz CT molecular complexity index is 574. The van der Waals surface area contributed by atoms with Crippen LogP contribution in [0.15, 0.2) is 53.0 Å². The molecule has 0 fully saturated rings. The Balaban J connectivity index is 2.27. The van der Waals surface area contributed by atoms with Crippen LogP contribution in [0.5, 0.6) is 0 Å². The van der Waals surface area contributed by atoms with Crippen molar-refractivity contribution in [2.75, 3.05) is 13.1 Å². The highest BCUT2D eigenvalue weighted by molar-refractivity contribution is 9.10. The molecule has 0 amide bonds. The van der Waals surface area contributed by atoms with E-state index in [1.807, 2.05) is 24.3 Å². The second kappa shape index (κ2) is 7.69. The fourth-order valence-electron chi connectivity index (χ4n) is 2.50. The fraction of sp³-hybridized carbons (Fsp3) is 0.294. The van der Waals surface area contributed by atoms with Gasteiger partial charge in [-0.1, -0.05) is 53.2 Å². The van der Waals surface area contributed by atoms with Gasteiger partial charge in [0.05, 0.1) is 6.04 Å². The van der Waals surface area contributed by atoms with Crippen molar-refractivity contribution in [3.05, 3.63) is 69.9 Å². The minimum Gasteiger partial charge on any atom is -0.329 e. The van der Waals surface area contributed by atoms with Crippen LogP contribution in [0.3, 0.4) is 0 Å². The zero-order chi connectivity index (χ0) is 15.2. The lowest BCUT2D eigenvalue weighted by atomic mass is 10.0. The van der Waals surface area contributed by atoms with Crippen LogP contribution in [0.4, 0.5) is 4.39 Å². The molecule has 0 aromatic heterocycles. The molecule has 21 heavy (non-hydrogen) atoms. The zero-order valence-corrected chi connectivity index (χ0v) is 13.7. The van der Waals surface area contributed by atoms with Crippen molar-refractivity contribution in [3.63, 3.8) is 0 Å². The van der Waals surface area contributed by atoms with E-state index in [4.69, 9.17) is 5.73 Å². The number of hydrogen-bond donors (Lipinski definition) is 1. The molecule has 0 aliphatic carbocycles. The van der Waals surface area contributed by atoms with Gasteiger partial charge in [0.25, 0.3) is 0 Å². The maximum absolute atomic E-state index is 14.1. The number of nitrogens with zero attached hydrogens (tertiary/aromatic N) is 1. The quantitative estimate of drug-likeness (QED) is 0.849. The first-order valence-electron chi connectivity index (χ1n) is 7.08. The Hall–Kier alpha value is -1.23. The van der Waals surface area contributed by atoms with Gasteiger partial charge in [0.15, 0.2) is 0 Å². The van der Waals surface area contributed by atoms with Crippen molar-refractivity contribution in [2.24, 2.45) is 5.73 Å². The van der Waals surface area contributed by atoms with E-state index in [1.54, 1.807) is 6.07 Å². The first-order valence-corrected chi connectivity index (χ1v) is 7.88. The van der Waals surface area contributed by atoms with Crippen molar-refractivity contribution in [2.45, 2.75) is 19.5 Å². The van der Waals surface area contributed by atoms with E-state index in [0.717, 1.165) is 17.6 Å². The van der Waals surface area contributed by atoms with E-state index < -0.39 is 0 Å². The number of likely N-dealkylation sites (N-methyl/N-ethyl adjacent to an activating group) is 1. The van der Waals surface area contributed by atoms with Crippen molar-refractivity contribution in [3.8, 4) is 0 Å². The van der Waals surface area contributed by atoms with Gasteiger partial charge in [-0.3, -0.25) is 4.90 Å². The van der Waals surface area contributed by atoms with Gasteiger partial charge in [-0.25, -0.2) is 4.39 Å². The normalized spacial score (nSPS) is 12.6. The lowest BCUT2D eigenvalue weighted by molar-refractivity contribution is 0.199. The monoisotopic (exact) mass is 350 g/mol. The van der Waals surface area contributed by atoms with E-state index >= 15 is 0 Å². The predicted molar refractivity (Wildman–Crippen MR) is 88.4 cm³/mol. The summed E-state index contributed by atoms with van der Waals surface area (Å²) < 4.78 is 15.0. The van der Waals surface area contributed by atoms with Gasteiger partial charge in [-0.05, 0) is 30.3 Å². The van der Waals surface area contributed by atoms with Gasteiger partial charge in [0, 0.05) is 23.1 Å². The molecule has 0 saturated carbocycles. The molecule has 0 aliphatic heterocycles. The Morgan fingerprint density at radius 2 is 1.90 bits per heavy atom. The third-order valence-electron chi connectivity index (χ3n) is 3.62.